The van der Waals surface area contributed by atoms with Crippen LogP contribution in [0.25, 0.3) is 0 Å². The fraction of sp³-hybridized carbons (Fsp3) is 0.562. The number of hydrogen-bond donors (Lipinski definition) is 1. The number of piperidine rings is 1. The number of halogens is 2. The first kappa shape index (κ1) is 16.4. The maximum atomic E-state index is 13.1. The van der Waals surface area contributed by atoms with Crippen LogP contribution in [0.5, 0.6) is 0 Å². The van der Waals surface area contributed by atoms with Crippen LogP contribution in [0.4, 0.5) is 4.39 Å². The van der Waals surface area contributed by atoms with Crippen LogP contribution in [0, 0.1) is 11.2 Å². The number of likely N-dealkylation sites (tertiary alicyclic amines) is 1. The highest BCUT2D eigenvalue weighted by molar-refractivity contribution is 9.10. The molecule has 21 heavy (non-hydrogen) atoms. The maximum Gasteiger partial charge on any atom is 0.310 e. The van der Waals surface area contributed by atoms with E-state index in [0.29, 0.717) is 19.5 Å². The Morgan fingerprint density at radius 2 is 2.29 bits per heavy atom. The number of rotatable bonds is 5. The average Bonchev–Trinajstić information content (AvgIpc) is 2.42. The van der Waals surface area contributed by atoms with Gasteiger partial charge in [-0.25, -0.2) is 4.39 Å². The van der Waals surface area contributed by atoms with Gasteiger partial charge in [-0.2, -0.15) is 0 Å². The first-order valence-corrected chi connectivity index (χ1v) is 8.16. The van der Waals surface area contributed by atoms with E-state index in [9.17, 15) is 14.3 Å². The van der Waals surface area contributed by atoms with Gasteiger partial charge in [0.1, 0.15) is 5.82 Å². The smallest absolute Gasteiger partial charge is 0.310 e. The Balaban J connectivity index is 2.12. The van der Waals surface area contributed by atoms with Crippen molar-refractivity contribution in [2.75, 3.05) is 13.1 Å². The van der Waals surface area contributed by atoms with Crippen molar-refractivity contribution < 1.29 is 14.3 Å². The first-order chi connectivity index (χ1) is 9.97. The van der Waals surface area contributed by atoms with Gasteiger partial charge >= 0.3 is 5.97 Å². The van der Waals surface area contributed by atoms with Crippen LogP contribution in [0.1, 0.15) is 38.2 Å². The molecule has 0 aromatic heterocycles. The van der Waals surface area contributed by atoms with Crippen LogP contribution >= 0.6 is 15.9 Å². The minimum Gasteiger partial charge on any atom is -0.481 e. The zero-order valence-corrected chi connectivity index (χ0v) is 13.8. The molecule has 0 spiro atoms. The molecule has 1 saturated heterocycles. The molecule has 1 atom stereocenters. The Labute approximate surface area is 133 Å². The van der Waals surface area contributed by atoms with E-state index in [0.717, 1.165) is 35.8 Å². The summed E-state index contributed by atoms with van der Waals surface area (Å²) in [6, 6.07) is 4.66. The zero-order chi connectivity index (χ0) is 15.5. The monoisotopic (exact) mass is 357 g/mol. The zero-order valence-electron chi connectivity index (χ0n) is 12.2. The predicted molar refractivity (Wildman–Crippen MR) is 83.6 cm³/mol. The van der Waals surface area contributed by atoms with Crippen molar-refractivity contribution in [3.8, 4) is 0 Å². The van der Waals surface area contributed by atoms with Gasteiger partial charge < -0.3 is 5.11 Å². The van der Waals surface area contributed by atoms with E-state index in [2.05, 4.69) is 20.8 Å². The molecule has 1 fully saturated rings. The van der Waals surface area contributed by atoms with Gasteiger partial charge in [-0.1, -0.05) is 35.3 Å². The van der Waals surface area contributed by atoms with Crippen molar-refractivity contribution >= 4 is 21.9 Å². The van der Waals surface area contributed by atoms with E-state index in [1.165, 1.54) is 12.1 Å². The highest BCUT2D eigenvalue weighted by Crippen LogP contribution is 2.36. The number of carbonyl (C=O) groups is 1. The van der Waals surface area contributed by atoms with Crippen LogP contribution in [0.2, 0.25) is 0 Å². The molecule has 3 nitrogen and oxygen atoms in total. The molecule has 1 aromatic carbocycles. The summed E-state index contributed by atoms with van der Waals surface area (Å²) in [5.74, 6) is -0.956. The minimum atomic E-state index is -0.688. The molecule has 1 N–H and O–H groups in total. The van der Waals surface area contributed by atoms with Crippen molar-refractivity contribution in [1.29, 1.82) is 0 Å². The minimum absolute atomic E-state index is 0.268. The van der Waals surface area contributed by atoms with E-state index in [1.54, 1.807) is 6.07 Å². The van der Waals surface area contributed by atoms with Crippen molar-refractivity contribution in [3.05, 3.63) is 34.1 Å². The van der Waals surface area contributed by atoms with Crippen molar-refractivity contribution in [2.24, 2.45) is 5.41 Å². The van der Waals surface area contributed by atoms with Gasteiger partial charge in [0, 0.05) is 17.6 Å². The molecule has 116 valence electrons. The average molecular weight is 358 g/mol. The third kappa shape index (κ3) is 3.83. The van der Waals surface area contributed by atoms with E-state index < -0.39 is 11.4 Å². The fourth-order valence-electron chi connectivity index (χ4n) is 3.22. The molecule has 0 radical (unpaired) electrons. The summed E-state index contributed by atoms with van der Waals surface area (Å²) in [6.45, 7) is 4.14. The van der Waals surface area contributed by atoms with E-state index in [1.807, 2.05) is 6.92 Å². The van der Waals surface area contributed by atoms with E-state index in [-0.39, 0.29) is 5.82 Å². The second-order valence-electron chi connectivity index (χ2n) is 5.89. The summed E-state index contributed by atoms with van der Waals surface area (Å²) in [4.78, 5) is 13.9. The third-order valence-corrected chi connectivity index (χ3v) is 4.99. The third-order valence-electron chi connectivity index (χ3n) is 4.25. The van der Waals surface area contributed by atoms with E-state index >= 15 is 0 Å². The molecular weight excluding hydrogens is 337 g/mol. The SMILES string of the molecule is CCCC1(C(=O)O)CCCN(Cc2ccc(F)cc2Br)C1. The molecule has 1 aliphatic heterocycles. The fourth-order valence-corrected chi connectivity index (χ4v) is 3.69. The number of carboxylic acids is 1. The molecule has 0 saturated carbocycles. The van der Waals surface area contributed by atoms with Crippen molar-refractivity contribution in [2.45, 2.75) is 39.2 Å². The molecular formula is C16H21BrFNO2. The maximum absolute atomic E-state index is 13.1. The molecule has 1 heterocycles. The largest absolute Gasteiger partial charge is 0.481 e. The van der Waals surface area contributed by atoms with Gasteiger partial charge in [-0.3, -0.25) is 9.69 Å². The van der Waals surface area contributed by atoms with Gasteiger partial charge in [-0.15, -0.1) is 0 Å². The van der Waals surface area contributed by atoms with Gasteiger partial charge in [-0.05, 0) is 43.5 Å². The van der Waals surface area contributed by atoms with Crippen LogP contribution < -0.4 is 0 Å². The normalized spacial score (nSPS) is 23.2. The Morgan fingerprint density at radius 3 is 2.90 bits per heavy atom. The Kier molecular flexibility index (Phi) is 5.38. The molecule has 1 unspecified atom stereocenters. The standard InChI is InChI=1S/C16H21BrFNO2/c1-2-6-16(15(20)21)7-3-8-19(11-16)10-12-4-5-13(18)9-14(12)17/h4-5,9H,2-3,6-8,10-11H2,1H3,(H,20,21). The summed E-state index contributed by atoms with van der Waals surface area (Å²) in [6.07, 6.45) is 3.23. The second kappa shape index (κ2) is 6.88. The van der Waals surface area contributed by atoms with Crippen molar-refractivity contribution in [3.63, 3.8) is 0 Å². The Bertz CT molecular complexity index is 519. The lowest BCUT2D eigenvalue weighted by atomic mass is 9.76. The van der Waals surface area contributed by atoms with Gasteiger partial charge in [0.25, 0.3) is 0 Å². The molecule has 0 bridgehead atoms. The molecule has 1 aromatic rings. The topological polar surface area (TPSA) is 40.5 Å². The lowest BCUT2D eigenvalue weighted by molar-refractivity contribution is -0.153. The number of aliphatic carboxylic acids is 1. The quantitative estimate of drug-likeness (QED) is 0.863. The molecule has 5 heteroatoms. The lowest BCUT2D eigenvalue weighted by Crippen LogP contribution is -2.47. The highest BCUT2D eigenvalue weighted by Gasteiger charge is 2.41. The number of nitrogens with zero attached hydrogens (tertiary/aromatic N) is 1. The predicted octanol–water partition coefficient (Wildman–Crippen LogP) is 4.06. The van der Waals surface area contributed by atoms with Crippen LogP contribution in [0.15, 0.2) is 22.7 Å². The van der Waals surface area contributed by atoms with E-state index in [4.69, 9.17) is 0 Å². The summed E-state index contributed by atoms with van der Waals surface area (Å²) in [7, 11) is 0. The van der Waals surface area contributed by atoms with Gasteiger partial charge in [0.15, 0.2) is 0 Å². The summed E-state index contributed by atoms with van der Waals surface area (Å²) < 4.78 is 13.9. The first-order valence-electron chi connectivity index (χ1n) is 7.36. The van der Waals surface area contributed by atoms with Gasteiger partial charge in [0.2, 0.25) is 0 Å². The van der Waals surface area contributed by atoms with Gasteiger partial charge in [0.05, 0.1) is 5.41 Å². The molecule has 0 aliphatic carbocycles. The summed E-state index contributed by atoms with van der Waals surface area (Å²) >= 11 is 3.38. The number of carboxylic acid groups (broad SMARTS) is 1. The highest BCUT2D eigenvalue weighted by atomic mass is 79.9. The van der Waals surface area contributed by atoms with Crippen LogP contribution in [-0.2, 0) is 11.3 Å². The summed E-state index contributed by atoms with van der Waals surface area (Å²) in [5, 5.41) is 9.61. The number of hydrogen-bond acceptors (Lipinski definition) is 2. The van der Waals surface area contributed by atoms with Crippen LogP contribution in [-0.4, -0.2) is 29.1 Å². The Hall–Kier alpha value is -0.940. The molecule has 2 rings (SSSR count). The second-order valence-corrected chi connectivity index (χ2v) is 6.74. The molecule has 1 aliphatic rings. The Morgan fingerprint density at radius 1 is 1.52 bits per heavy atom. The molecule has 0 amide bonds. The summed E-state index contributed by atoms with van der Waals surface area (Å²) in [5.41, 5.74) is 0.369. The lowest BCUT2D eigenvalue weighted by Gasteiger charge is -2.40. The number of benzene rings is 1. The van der Waals surface area contributed by atoms with Crippen molar-refractivity contribution in [1.82, 2.24) is 4.90 Å². The van der Waals surface area contributed by atoms with Crippen LogP contribution in [0.3, 0.4) is 0 Å².